The number of hydrogen-bond donors (Lipinski definition) is 3. The molecule has 2 aliphatic heterocycles. The Morgan fingerprint density at radius 3 is 2.77 bits per heavy atom. The molecule has 2 fully saturated rings. The van der Waals surface area contributed by atoms with Gasteiger partial charge >= 0.3 is 0 Å². The minimum atomic E-state index is -1.37. The molecule has 0 aliphatic carbocycles. The molecule has 5 rings (SSSR count). The van der Waals surface area contributed by atoms with E-state index in [2.05, 4.69) is 39.0 Å². The minimum absolute atomic E-state index is 0.0444. The normalized spacial score (nSPS) is 25.9. The highest BCUT2D eigenvalue weighted by Gasteiger charge is 2.38. The van der Waals surface area contributed by atoms with Crippen LogP contribution in [0.2, 0.25) is 0 Å². The smallest absolute Gasteiger partial charge is 0.227 e. The van der Waals surface area contributed by atoms with Gasteiger partial charge in [-0.15, -0.1) is 0 Å². The van der Waals surface area contributed by atoms with Crippen molar-refractivity contribution in [3.05, 3.63) is 24.5 Å². The van der Waals surface area contributed by atoms with E-state index >= 15 is 0 Å². The summed E-state index contributed by atoms with van der Waals surface area (Å²) >= 11 is 0. The summed E-state index contributed by atoms with van der Waals surface area (Å²) < 4.78 is 16.4. The maximum absolute atomic E-state index is 14.4. The SMILES string of the molecule is CCC(C)n1nc(N2CCC(O)C2)c2cnc(Nc3ccnc(N4CCC(C)(O)C(F)C4)n3)cc21. The maximum Gasteiger partial charge on any atom is 0.227 e. The van der Waals surface area contributed by atoms with E-state index < -0.39 is 11.8 Å². The van der Waals surface area contributed by atoms with Crippen molar-refractivity contribution < 1.29 is 14.6 Å². The molecule has 3 aromatic rings. The fourth-order valence-electron chi connectivity index (χ4n) is 4.64. The van der Waals surface area contributed by atoms with Gasteiger partial charge in [0.2, 0.25) is 5.95 Å². The first kappa shape index (κ1) is 23.7. The molecule has 0 saturated carbocycles. The number of piperidine rings is 1. The Kier molecular flexibility index (Phi) is 6.22. The molecule has 188 valence electrons. The van der Waals surface area contributed by atoms with Crippen molar-refractivity contribution >= 4 is 34.3 Å². The van der Waals surface area contributed by atoms with E-state index in [0.717, 1.165) is 36.1 Å². The van der Waals surface area contributed by atoms with Crippen LogP contribution in [0.25, 0.3) is 10.9 Å². The Labute approximate surface area is 203 Å². The molecule has 3 aromatic heterocycles. The Balaban J connectivity index is 1.41. The molecule has 4 atom stereocenters. The van der Waals surface area contributed by atoms with E-state index in [0.29, 0.717) is 37.1 Å². The van der Waals surface area contributed by atoms with Crippen molar-refractivity contribution in [2.45, 2.75) is 64.0 Å². The predicted molar refractivity (Wildman–Crippen MR) is 133 cm³/mol. The number of pyridine rings is 1. The van der Waals surface area contributed by atoms with Gasteiger partial charge in [0.05, 0.1) is 29.2 Å². The third-order valence-corrected chi connectivity index (χ3v) is 7.17. The van der Waals surface area contributed by atoms with Crippen molar-refractivity contribution in [3.63, 3.8) is 0 Å². The highest BCUT2D eigenvalue weighted by atomic mass is 19.1. The lowest BCUT2D eigenvalue weighted by atomic mass is 9.92. The van der Waals surface area contributed by atoms with Crippen molar-refractivity contribution in [1.29, 1.82) is 0 Å². The third kappa shape index (κ3) is 4.62. The molecule has 0 amide bonds. The molecule has 10 nitrogen and oxygen atoms in total. The molecule has 11 heteroatoms. The number of alkyl halides is 1. The van der Waals surface area contributed by atoms with Crippen LogP contribution in [0.1, 0.15) is 46.1 Å². The number of anilines is 4. The number of halogens is 1. The third-order valence-electron chi connectivity index (χ3n) is 7.17. The highest BCUT2D eigenvalue weighted by Crippen LogP contribution is 2.33. The zero-order chi connectivity index (χ0) is 24.7. The van der Waals surface area contributed by atoms with Crippen molar-refractivity contribution in [2.75, 3.05) is 41.3 Å². The van der Waals surface area contributed by atoms with E-state index in [4.69, 9.17) is 5.10 Å². The number of aliphatic hydroxyl groups is 2. The number of aliphatic hydroxyl groups excluding tert-OH is 1. The second-order valence-electron chi connectivity index (χ2n) is 9.89. The Morgan fingerprint density at radius 1 is 1.23 bits per heavy atom. The van der Waals surface area contributed by atoms with Crippen LogP contribution in [0.15, 0.2) is 24.5 Å². The van der Waals surface area contributed by atoms with Crippen LogP contribution >= 0.6 is 0 Å². The average Bonchev–Trinajstić information content (AvgIpc) is 3.44. The van der Waals surface area contributed by atoms with Gasteiger partial charge in [0.25, 0.3) is 0 Å². The molecule has 0 aromatic carbocycles. The predicted octanol–water partition coefficient (Wildman–Crippen LogP) is 2.81. The molecule has 4 unspecified atom stereocenters. The molecule has 2 aliphatic rings. The lowest BCUT2D eigenvalue weighted by molar-refractivity contribution is -0.0332. The number of nitrogens with one attached hydrogen (secondary N) is 1. The molecule has 0 bridgehead atoms. The van der Waals surface area contributed by atoms with Gasteiger partial charge < -0.3 is 25.3 Å². The summed E-state index contributed by atoms with van der Waals surface area (Å²) in [5, 5.41) is 29.2. The molecule has 0 radical (unpaired) electrons. The molecule has 0 spiro atoms. The first-order valence-corrected chi connectivity index (χ1v) is 12.3. The summed E-state index contributed by atoms with van der Waals surface area (Å²) in [5.41, 5.74) is -0.364. The van der Waals surface area contributed by atoms with Gasteiger partial charge in [0.1, 0.15) is 17.8 Å². The largest absolute Gasteiger partial charge is 0.391 e. The van der Waals surface area contributed by atoms with Gasteiger partial charge in [-0.1, -0.05) is 6.92 Å². The van der Waals surface area contributed by atoms with Crippen LogP contribution in [0, 0.1) is 0 Å². The summed E-state index contributed by atoms with van der Waals surface area (Å²) in [4.78, 5) is 17.3. The van der Waals surface area contributed by atoms with Gasteiger partial charge in [-0.3, -0.25) is 4.68 Å². The van der Waals surface area contributed by atoms with E-state index in [1.54, 1.807) is 17.2 Å². The molecule has 3 N–H and O–H groups in total. The van der Waals surface area contributed by atoms with Crippen LogP contribution < -0.4 is 15.1 Å². The first-order valence-electron chi connectivity index (χ1n) is 12.3. The minimum Gasteiger partial charge on any atom is -0.391 e. The van der Waals surface area contributed by atoms with E-state index in [9.17, 15) is 14.6 Å². The second kappa shape index (κ2) is 9.19. The van der Waals surface area contributed by atoms with Gasteiger partial charge in [0, 0.05) is 44.1 Å². The van der Waals surface area contributed by atoms with E-state index in [1.165, 1.54) is 6.92 Å². The van der Waals surface area contributed by atoms with Gasteiger partial charge in [-0.25, -0.2) is 14.4 Å². The Bertz CT molecular complexity index is 1200. The zero-order valence-electron chi connectivity index (χ0n) is 20.4. The van der Waals surface area contributed by atoms with Gasteiger partial charge in [0.15, 0.2) is 5.82 Å². The number of aromatic nitrogens is 5. The fourth-order valence-corrected chi connectivity index (χ4v) is 4.64. The molecular weight excluding hydrogens is 451 g/mol. The maximum atomic E-state index is 14.4. The summed E-state index contributed by atoms with van der Waals surface area (Å²) in [5.74, 6) is 2.42. The van der Waals surface area contributed by atoms with Crippen LogP contribution in [0.5, 0.6) is 0 Å². The summed E-state index contributed by atoms with van der Waals surface area (Å²) in [6.45, 7) is 7.64. The van der Waals surface area contributed by atoms with Crippen molar-refractivity contribution in [2.24, 2.45) is 0 Å². The van der Waals surface area contributed by atoms with Crippen LogP contribution in [0.4, 0.5) is 27.8 Å². The van der Waals surface area contributed by atoms with Crippen LogP contribution in [-0.2, 0) is 0 Å². The first-order chi connectivity index (χ1) is 16.7. The van der Waals surface area contributed by atoms with Crippen molar-refractivity contribution in [1.82, 2.24) is 24.7 Å². The number of nitrogens with zero attached hydrogens (tertiary/aromatic N) is 7. The molecule has 5 heterocycles. The van der Waals surface area contributed by atoms with E-state index in [-0.39, 0.29) is 18.7 Å². The molecular formula is C24H33FN8O2. The quantitative estimate of drug-likeness (QED) is 0.486. The summed E-state index contributed by atoms with van der Waals surface area (Å²) in [6, 6.07) is 3.90. The Morgan fingerprint density at radius 2 is 2.06 bits per heavy atom. The van der Waals surface area contributed by atoms with Gasteiger partial charge in [-0.2, -0.15) is 10.1 Å². The van der Waals surface area contributed by atoms with Gasteiger partial charge in [-0.05, 0) is 39.2 Å². The zero-order valence-corrected chi connectivity index (χ0v) is 20.4. The number of fused-ring (bicyclic) bond motifs is 1. The molecule has 35 heavy (non-hydrogen) atoms. The molecule has 2 saturated heterocycles. The van der Waals surface area contributed by atoms with Crippen LogP contribution in [-0.4, -0.2) is 79.0 Å². The highest BCUT2D eigenvalue weighted by molar-refractivity contribution is 5.92. The fraction of sp³-hybridized carbons (Fsp3) is 0.583. The second-order valence-corrected chi connectivity index (χ2v) is 9.89. The Hall–Kier alpha value is -3.05. The lowest BCUT2D eigenvalue weighted by Crippen LogP contribution is -2.52. The summed E-state index contributed by atoms with van der Waals surface area (Å²) in [6.07, 6.45) is 3.71. The topological polar surface area (TPSA) is 115 Å². The number of rotatable bonds is 6. The number of β-amino-alcohol motifs (C(OH)–C–C–N with tert-alkyl or cyclic N) is 1. The standard InChI is InChI=1S/C24H33FN8O2/c1-4-15(2)33-18-11-21(27-12-17(18)22(30-33)31-9-6-16(34)13-31)28-20-5-8-26-23(29-20)32-10-7-24(3,35)19(25)14-32/h5,8,11-12,15-16,19,34-35H,4,6-7,9-10,13-14H2,1-3H3,(H,26,27,28,29). The number of hydrogen-bond acceptors (Lipinski definition) is 9. The van der Waals surface area contributed by atoms with Crippen molar-refractivity contribution in [3.8, 4) is 0 Å². The average molecular weight is 485 g/mol. The summed E-state index contributed by atoms with van der Waals surface area (Å²) in [7, 11) is 0. The monoisotopic (exact) mass is 484 g/mol. The van der Waals surface area contributed by atoms with E-state index in [1.807, 2.05) is 16.9 Å². The lowest BCUT2D eigenvalue weighted by Gasteiger charge is -2.38. The van der Waals surface area contributed by atoms with Crippen LogP contribution in [0.3, 0.4) is 0 Å².